The smallest absolute Gasteiger partial charge is 0.159 e. The van der Waals surface area contributed by atoms with Gasteiger partial charge in [0.25, 0.3) is 0 Å². The van der Waals surface area contributed by atoms with Crippen LogP contribution in [0.3, 0.4) is 0 Å². The Morgan fingerprint density at radius 1 is 0.588 bits per heavy atom. The van der Waals surface area contributed by atoms with Crippen molar-refractivity contribution in [2.75, 3.05) is 0 Å². The van der Waals surface area contributed by atoms with Gasteiger partial charge in [0.15, 0.2) is 5.58 Å². The summed E-state index contributed by atoms with van der Waals surface area (Å²) < 4.78 is 8.61. The van der Waals surface area contributed by atoms with Crippen molar-refractivity contribution in [2.24, 2.45) is 0 Å². The minimum Gasteiger partial charge on any atom is -0.454 e. The number of halogens is 1. The maximum Gasteiger partial charge on any atom is 0.159 e. The van der Waals surface area contributed by atoms with Gasteiger partial charge in [-0.05, 0) is 17.5 Å². The van der Waals surface area contributed by atoms with Gasteiger partial charge in [-0.15, -0.1) is 10.9 Å². The summed E-state index contributed by atoms with van der Waals surface area (Å²) in [4.78, 5) is 0. The molecule has 0 aliphatic heterocycles. The average molecular weight is 481 g/mol. The summed E-state index contributed by atoms with van der Waals surface area (Å²) in [6.07, 6.45) is 0. The topological polar surface area (TPSA) is 18.1 Å². The van der Waals surface area contributed by atoms with Gasteiger partial charge in [0.1, 0.15) is 60.5 Å². The van der Waals surface area contributed by atoms with E-state index < -0.39 is 0 Å². The Morgan fingerprint density at radius 3 is 1.91 bits per heavy atom. The van der Waals surface area contributed by atoms with E-state index >= 15 is 0 Å². The monoisotopic (exact) mass is 481 g/mol. The molecule has 0 bridgehead atoms. The van der Waals surface area contributed by atoms with Crippen LogP contribution in [0.5, 0.6) is 0 Å². The predicted octanol–water partition coefficient (Wildman–Crippen LogP) is -0.998. The Balaban J connectivity index is 1.96. The highest BCUT2D eigenvalue weighted by Gasteiger charge is 2.24. The van der Waals surface area contributed by atoms with E-state index in [1.165, 1.54) is 0 Å². The molecule has 6 rings (SSSR count). The lowest BCUT2D eigenvalue weighted by molar-refractivity contribution is 0.666. The minimum absolute atomic E-state index is 0.176. The summed E-state index contributed by atoms with van der Waals surface area (Å²) in [7, 11) is 45.0. The molecule has 0 atom stereocenters. The number of nitrogens with zero attached hydrogens (tertiary/aromatic N) is 1. The first-order chi connectivity index (χ1) is 16.2. The van der Waals surface area contributed by atoms with Crippen LogP contribution in [0.2, 0.25) is 0 Å². The van der Waals surface area contributed by atoms with Crippen molar-refractivity contribution in [1.82, 2.24) is 4.57 Å². The van der Waals surface area contributed by atoms with Gasteiger partial charge in [0, 0.05) is 31.7 Å². The van der Waals surface area contributed by atoms with Crippen LogP contribution in [0.1, 0.15) is 0 Å². The van der Waals surface area contributed by atoms with Gasteiger partial charge in [0.2, 0.25) is 0 Å². The minimum atomic E-state index is 0.176. The maximum absolute atomic E-state index is 6.58. The van der Waals surface area contributed by atoms with Crippen LogP contribution >= 0.6 is 15.9 Å². The fourth-order valence-electron chi connectivity index (χ4n) is 4.81. The molecule has 0 saturated heterocycles. The van der Waals surface area contributed by atoms with E-state index in [4.69, 9.17) is 59.3 Å². The number of benzene rings is 4. The molecule has 0 saturated carbocycles. The first-order valence-electron chi connectivity index (χ1n) is 10.4. The number of para-hydroxylation sites is 2. The number of hydrogen-bond donors (Lipinski definition) is 0. The molecule has 2 heterocycles. The van der Waals surface area contributed by atoms with E-state index in [-0.39, 0.29) is 21.9 Å². The summed E-state index contributed by atoms with van der Waals surface area (Å²) in [6, 6.07) is 13.6. The molecule has 0 unspecified atom stereocenters. The maximum atomic E-state index is 6.58. The SMILES string of the molecule is [B]c1c([B])c([B])c2c(c1[B])c1c([B])c(Br)c([B])c([B])c1n2-c1cccc2c1oc1ccccc12. The summed E-state index contributed by atoms with van der Waals surface area (Å²) >= 11 is 3.46. The summed E-state index contributed by atoms with van der Waals surface area (Å²) in [5, 5.41) is 3.01. The first-order valence-corrected chi connectivity index (χ1v) is 11.2. The standard InChI is InChI=1S/C24H7B7BrNO/c25-14-12-13-15(26)21(32)18(29)20(31)23(13)33(22(12)19(30)17(28)16(14)27)10-6-3-5-9-8-4-1-2-7-11(8)34-24(9)10/h1-7H. The molecule has 14 radical (unpaired) electrons. The lowest BCUT2D eigenvalue weighted by Crippen LogP contribution is -2.48. The van der Waals surface area contributed by atoms with Crippen LogP contribution in [0.15, 0.2) is 51.4 Å². The van der Waals surface area contributed by atoms with Crippen LogP contribution in [-0.2, 0) is 0 Å². The highest BCUT2D eigenvalue weighted by molar-refractivity contribution is 9.10. The molecule has 4 aromatic carbocycles. The van der Waals surface area contributed by atoms with Crippen molar-refractivity contribution in [3.63, 3.8) is 0 Å². The molecule has 0 spiro atoms. The molecule has 2 aromatic heterocycles. The molecule has 0 fully saturated rings. The zero-order valence-electron chi connectivity index (χ0n) is 17.8. The quantitative estimate of drug-likeness (QED) is 0.276. The molecule has 0 aliphatic carbocycles. The zero-order valence-corrected chi connectivity index (χ0v) is 19.4. The number of fused-ring (bicyclic) bond motifs is 6. The third-order valence-corrected chi connectivity index (χ3v) is 7.33. The Morgan fingerprint density at radius 2 is 1.18 bits per heavy atom. The van der Waals surface area contributed by atoms with Crippen molar-refractivity contribution in [3.8, 4) is 5.69 Å². The third kappa shape index (κ3) is 2.66. The van der Waals surface area contributed by atoms with Crippen LogP contribution in [0, 0.1) is 0 Å². The molecule has 2 nitrogen and oxygen atoms in total. The van der Waals surface area contributed by atoms with E-state index in [0.29, 0.717) is 53.9 Å². The molecule has 0 aliphatic rings. The van der Waals surface area contributed by atoms with Gasteiger partial charge in [-0.1, -0.05) is 73.6 Å². The van der Waals surface area contributed by atoms with Gasteiger partial charge in [-0.2, -0.15) is 0 Å². The normalized spacial score (nSPS) is 11.9. The molecule has 6 aromatic rings. The van der Waals surface area contributed by atoms with E-state index in [9.17, 15) is 0 Å². The van der Waals surface area contributed by atoms with Crippen molar-refractivity contribution in [1.29, 1.82) is 0 Å². The second kappa shape index (κ2) is 7.45. The third-order valence-electron chi connectivity index (χ3n) is 6.48. The van der Waals surface area contributed by atoms with E-state index in [1.54, 1.807) is 0 Å². The average Bonchev–Trinajstić information content (AvgIpc) is 3.40. The highest BCUT2D eigenvalue weighted by Crippen LogP contribution is 2.36. The second-order valence-corrected chi connectivity index (χ2v) is 9.04. The lowest BCUT2D eigenvalue weighted by atomic mass is 9.65. The largest absolute Gasteiger partial charge is 0.454 e. The van der Waals surface area contributed by atoms with Crippen LogP contribution in [-0.4, -0.2) is 59.5 Å². The van der Waals surface area contributed by atoms with Crippen LogP contribution in [0.4, 0.5) is 0 Å². The van der Waals surface area contributed by atoms with E-state index in [2.05, 4.69) is 15.9 Å². The molecular weight excluding hydrogens is 474 g/mol. The molecule has 0 amide bonds. The van der Waals surface area contributed by atoms with Gasteiger partial charge < -0.3 is 8.98 Å². The van der Waals surface area contributed by atoms with Crippen LogP contribution in [0.25, 0.3) is 49.4 Å². The number of rotatable bonds is 1. The first kappa shape index (κ1) is 21.9. The van der Waals surface area contributed by atoms with Crippen molar-refractivity contribution in [3.05, 3.63) is 46.9 Å². The number of furan rings is 1. The van der Waals surface area contributed by atoms with Crippen LogP contribution < -0.4 is 38.2 Å². The summed E-state index contributed by atoms with van der Waals surface area (Å²) in [5.41, 5.74) is 4.92. The lowest BCUT2D eigenvalue weighted by Gasteiger charge is -2.17. The fourth-order valence-corrected chi connectivity index (χ4v) is 5.22. The van der Waals surface area contributed by atoms with Gasteiger partial charge in [-0.3, -0.25) is 0 Å². The van der Waals surface area contributed by atoms with E-state index in [1.807, 2.05) is 47.0 Å². The Kier molecular flexibility index (Phi) is 4.80. The van der Waals surface area contributed by atoms with Gasteiger partial charge in [-0.25, -0.2) is 0 Å². The predicted molar refractivity (Wildman–Crippen MR) is 153 cm³/mol. The van der Waals surface area contributed by atoms with Crippen molar-refractivity contribution < 1.29 is 4.42 Å². The van der Waals surface area contributed by atoms with Gasteiger partial charge in [0.05, 0.1) is 5.69 Å². The number of hydrogen-bond acceptors (Lipinski definition) is 1. The molecule has 34 heavy (non-hydrogen) atoms. The number of aromatic nitrogens is 1. The fraction of sp³-hybridized carbons (Fsp3) is 0. The summed E-state index contributed by atoms with van der Waals surface area (Å²) in [5.74, 6) is 0. The molecular formula is C24H7B7BrNO. The molecule has 0 N–H and O–H groups in total. The zero-order chi connectivity index (χ0) is 24.0. The Labute approximate surface area is 213 Å². The molecule has 10 heteroatoms. The molecule has 142 valence electrons. The Bertz CT molecular complexity index is 1780. The summed E-state index contributed by atoms with van der Waals surface area (Å²) in [6.45, 7) is 0. The second-order valence-electron chi connectivity index (χ2n) is 8.24. The Hall–Kier alpha value is -2.59. The van der Waals surface area contributed by atoms with Crippen molar-refractivity contribution in [2.45, 2.75) is 0 Å². The van der Waals surface area contributed by atoms with E-state index in [0.717, 1.165) is 16.4 Å². The van der Waals surface area contributed by atoms with Gasteiger partial charge >= 0.3 is 0 Å². The highest BCUT2D eigenvalue weighted by atomic mass is 79.9. The van der Waals surface area contributed by atoms with Crippen molar-refractivity contribution >= 4 is 153 Å².